The van der Waals surface area contributed by atoms with E-state index in [1.807, 2.05) is 12.1 Å². The molecule has 3 heteroatoms. The molecule has 0 spiro atoms. The van der Waals surface area contributed by atoms with E-state index in [9.17, 15) is 0 Å². The molecule has 1 unspecified atom stereocenters. The molecule has 0 aliphatic heterocycles. The topological polar surface area (TPSA) is 35.2 Å². The lowest BCUT2D eigenvalue weighted by atomic mass is 9.98. The second-order valence-corrected chi connectivity index (χ2v) is 5.59. The molecule has 2 rings (SSSR count). The van der Waals surface area contributed by atoms with Gasteiger partial charge >= 0.3 is 0 Å². The highest BCUT2D eigenvalue weighted by Crippen LogP contribution is 2.27. The summed E-state index contributed by atoms with van der Waals surface area (Å²) in [5.74, 6) is 0.880. The van der Waals surface area contributed by atoms with Crippen LogP contribution in [0.1, 0.15) is 22.7 Å². The van der Waals surface area contributed by atoms with E-state index in [2.05, 4.69) is 53.2 Å². The molecule has 0 bridgehead atoms. The molecule has 0 aliphatic rings. The summed E-state index contributed by atoms with van der Waals surface area (Å²) < 4.78 is 6.42. The zero-order valence-corrected chi connectivity index (χ0v) is 12.8. The van der Waals surface area contributed by atoms with E-state index in [1.165, 1.54) is 5.56 Å². The summed E-state index contributed by atoms with van der Waals surface area (Å²) in [5.41, 5.74) is 9.79. The van der Waals surface area contributed by atoms with Gasteiger partial charge in [-0.25, -0.2) is 0 Å². The van der Waals surface area contributed by atoms with Crippen molar-refractivity contribution in [1.82, 2.24) is 0 Å². The molecule has 100 valence electrons. The van der Waals surface area contributed by atoms with Crippen LogP contribution in [-0.4, -0.2) is 7.11 Å². The fraction of sp³-hybridized carbons (Fsp3) is 0.250. The van der Waals surface area contributed by atoms with Crippen LogP contribution in [-0.2, 0) is 6.42 Å². The molecular formula is C16H18BrNO. The Hall–Kier alpha value is -1.32. The van der Waals surface area contributed by atoms with Gasteiger partial charge in [0.1, 0.15) is 5.75 Å². The van der Waals surface area contributed by atoms with E-state index in [0.29, 0.717) is 0 Å². The molecule has 19 heavy (non-hydrogen) atoms. The standard InChI is InChI=1S/C16H18BrNO/c1-11-3-5-12(6-4-11)15(18)10-13-9-14(17)7-8-16(13)19-2/h3-9,15H,10,18H2,1-2H3. The molecule has 0 aliphatic carbocycles. The molecule has 2 aromatic rings. The fourth-order valence-corrected chi connectivity index (χ4v) is 2.48. The average Bonchev–Trinajstić information content (AvgIpc) is 2.39. The summed E-state index contributed by atoms with van der Waals surface area (Å²) in [7, 11) is 1.68. The van der Waals surface area contributed by atoms with E-state index in [1.54, 1.807) is 7.11 Å². The molecule has 0 heterocycles. The molecule has 0 amide bonds. The number of methoxy groups -OCH3 is 1. The minimum Gasteiger partial charge on any atom is -0.496 e. The summed E-state index contributed by atoms with van der Waals surface area (Å²) >= 11 is 3.48. The first kappa shape index (κ1) is 14.1. The van der Waals surface area contributed by atoms with E-state index >= 15 is 0 Å². The van der Waals surface area contributed by atoms with Crippen molar-refractivity contribution in [2.24, 2.45) is 5.73 Å². The van der Waals surface area contributed by atoms with Crippen LogP contribution >= 0.6 is 15.9 Å². The normalized spacial score (nSPS) is 12.2. The molecule has 0 saturated carbocycles. The molecule has 1 atom stereocenters. The summed E-state index contributed by atoms with van der Waals surface area (Å²) in [6.07, 6.45) is 0.756. The first-order valence-corrected chi connectivity index (χ1v) is 7.04. The Kier molecular flexibility index (Phi) is 4.61. The maximum atomic E-state index is 6.28. The lowest BCUT2D eigenvalue weighted by Gasteiger charge is -2.15. The number of rotatable bonds is 4. The van der Waals surface area contributed by atoms with E-state index in [4.69, 9.17) is 10.5 Å². The van der Waals surface area contributed by atoms with Crippen molar-refractivity contribution >= 4 is 15.9 Å². The van der Waals surface area contributed by atoms with Crippen molar-refractivity contribution in [3.8, 4) is 5.75 Å². The first-order chi connectivity index (χ1) is 9.10. The summed E-state index contributed by atoms with van der Waals surface area (Å²) in [5, 5.41) is 0. The number of nitrogens with two attached hydrogens (primary N) is 1. The summed E-state index contributed by atoms with van der Waals surface area (Å²) in [4.78, 5) is 0. The largest absolute Gasteiger partial charge is 0.496 e. The first-order valence-electron chi connectivity index (χ1n) is 6.24. The number of halogens is 1. The zero-order valence-electron chi connectivity index (χ0n) is 11.2. The second-order valence-electron chi connectivity index (χ2n) is 4.68. The van der Waals surface area contributed by atoms with Crippen LogP contribution in [0.3, 0.4) is 0 Å². The van der Waals surface area contributed by atoms with E-state index in [-0.39, 0.29) is 6.04 Å². The van der Waals surface area contributed by atoms with Crippen molar-refractivity contribution in [3.63, 3.8) is 0 Å². The summed E-state index contributed by atoms with van der Waals surface area (Å²) in [6, 6.07) is 14.3. The molecule has 0 saturated heterocycles. The number of hydrogen-bond donors (Lipinski definition) is 1. The predicted molar refractivity (Wildman–Crippen MR) is 82.5 cm³/mol. The minimum absolute atomic E-state index is 0.0243. The molecule has 0 aromatic heterocycles. The van der Waals surface area contributed by atoms with Crippen molar-refractivity contribution in [2.75, 3.05) is 7.11 Å². The van der Waals surface area contributed by atoms with Crippen molar-refractivity contribution in [1.29, 1.82) is 0 Å². The van der Waals surface area contributed by atoms with Gasteiger partial charge in [0.05, 0.1) is 7.11 Å². The third kappa shape index (κ3) is 3.58. The van der Waals surface area contributed by atoms with E-state index < -0.39 is 0 Å². The molecule has 0 fully saturated rings. The van der Waals surface area contributed by atoms with Gasteiger partial charge in [-0.1, -0.05) is 45.8 Å². The lowest BCUT2D eigenvalue weighted by Crippen LogP contribution is -2.13. The Labute approximate surface area is 122 Å². The maximum absolute atomic E-state index is 6.28. The highest BCUT2D eigenvalue weighted by atomic mass is 79.9. The van der Waals surface area contributed by atoms with E-state index in [0.717, 1.165) is 27.8 Å². The van der Waals surface area contributed by atoms with Gasteiger partial charge in [-0.2, -0.15) is 0 Å². The molecule has 2 aromatic carbocycles. The highest BCUT2D eigenvalue weighted by Gasteiger charge is 2.11. The van der Waals surface area contributed by atoms with Crippen LogP contribution in [0, 0.1) is 6.92 Å². The lowest BCUT2D eigenvalue weighted by molar-refractivity contribution is 0.408. The number of aryl methyl sites for hydroxylation is 1. The molecule has 2 N–H and O–H groups in total. The van der Waals surface area contributed by atoms with Crippen molar-refractivity contribution < 1.29 is 4.74 Å². The Morgan fingerprint density at radius 1 is 1.16 bits per heavy atom. The van der Waals surface area contributed by atoms with Gasteiger partial charge in [0.15, 0.2) is 0 Å². The quantitative estimate of drug-likeness (QED) is 0.924. The van der Waals surface area contributed by atoms with Crippen molar-refractivity contribution in [2.45, 2.75) is 19.4 Å². The van der Waals surface area contributed by atoms with Gasteiger partial charge in [-0.3, -0.25) is 0 Å². The minimum atomic E-state index is -0.0243. The predicted octanol–water partition coefficient (Wildman–Crippen LogP) is 4.01. The average molecular weight is 320 g/mol. The van der Waals surface area contributed by atoms with Crippen LogP contribution < -0.4 is 10.5 Å². The zero-order chi connectivity index (χ0) is 13.8. The third-order valence-electron chi connectivity index (χ3n) is 3.19. The van der Waals surface area contributed by atoms with Crippen LogP contribution in [0.5, 0.6) is 5.75 Å². The Balaban J connectivity index is 2.20. The van der Waals surface area contributed by atoms with Gasteiger partial charge in [-0.05, 0) is 42.7 Å². The summed E-state index contributed by atoms with van der Waals surface area (Å²) in [6.45, 7) is 2.08. The second kappa shape index (κ2) is 6.22. The van der Waals surface area contributed by atoms with Gasteiger partial charge in [-0.15, -0.1) is 0 Å². The van der Waals surface area contributed by atoms with Gasteiger partial charge in [0.2, 0.25) is 0 Å². The van der Waals surface area contributed by atoms with Crippen LogP contribution in [0.25, 0.3) is 0 Å². The van der Waals surface area contributed by atoms with Gasteiger partial charge in [0.25, 0.3) is 0 Å². The van der Waals surface area contributed by atoms with Crippen LogP contribution in [0.15, 0.2) is 46.9 Å². The smallest absolute Gasteiger partial charge is 0.122 e. The SMILES string of the molecule is COc1ccc(Br)cc1CC(N)c1ccc(C)cc1. The number of ether oxygens (including phenoxy) is 1. The fourth-order valence-electron chi connectivity index (χ4n) is 2.08. The van der Waals surface area contributed by atoms with Crippen LogP contribution in [0.2, 0.25) is 0 Å². The number of benzene rings is 2. The number of hydrogen-bond acceptors (Lipinski definition) is 2. The van der Waals surface area contributed by atoms with Crippen LogP contribution in [0.4, 0.5) is 0 Å². The maximum Gasteiger partial charge on any atom is 0.122 e. The van der Waals surface area contributed by atoms with Crippen molar-refractivity contribution in [3.05, 3.63) is 63.6 Å². The molecule has 2 nitrogen and oxygen atoms in total. The Bertz CT molecular complexity index is 551. The van der Waals surface area contributed by atoms with Gasteiger partial charge < -0.3 is 10.5 Å². The Morgan fingerprint density at radius 3 is 2.47 bits per heavy atom. The molecule has 0 radical (unpaired) electrons. The Morgan fingerprint density at radius 2 is 1.84 bits per heavy atom. The monoisotopic (exact) mass is 319 g/mol. The highest BCUT2D eigenvalue weighted by molar-refractivity contribution is 9.10. The molecular weight excluding hydrogens is 302 g/mol. The third-order valence-corrected chi connectivity index (χ3v) is 3.68. The van der Waals surface area contributed by atoms with Gasteiger partial charge in [0, 0.05) is 10.5 Å².